The molecule has 10 nitrogen and oxygen atoms in total. The van der Waals surface area contributed by atoms with Gasteiger partial charge < -0.3 is 9.47 Å². The number of pyridine rings is 1. The lowest BCUT2D eigenvalue weighted by atomic mass is 10.1. The van der Waals surface area contributed by atoms with Crippen molar-refractivity contribution >= 4 is 43.4 Å². The minimum absolute atomic E-state index is 0.0534. The Hall–Kier alpha value is -3.02. The van der Waals surface area contributed by atoms with Gasteiger partial charge in [-0.3, -0.25) is 14.1 Å². The lowest BCUT2D eigenvalue weighted by Crippen LogP contribution is -2.29. The van der Waals surface area contributed by atoms with Crippen LogP contribution in [0.1, 0.15) is 24.7 Å². The molecule has 12 heteroatoms. The first-order valence-corrected chi connectivity index (χ1v) is 14.0. The van der Waals surface area contributed by atoms with Crippen molar-refractivity contribution in [3.63, 3.8) is 0 Å². The summed E-state index contributed by atoms with van der Waals surface area (Å²) in [4.78, 5) is 27.1. The van der Waals surface area contributed by atoms with Gasteiger partial charge in [0, 0.05) is 23.7 Å². The Bertz CT molecular complexity index is 1630. The third kappa shape index (κ3) is 4.35. The largest absolute Gasteiger partial charge is 0.477 e. The maximum Gasteiger partial charge on any atom is 0.329 e. The van der Waals surface area contributed by atoms with Crippen molar-refractivity contribution in [2.75, 3.05) is 31.3 Å². The van der Waals surface area contributed by atoms with Crippen molar-refractivity contribution in [2.24, 2.45) is 5.92 Å². The minimum atomic E-state index is -3.17. The standard InChI is InChI=1S/C24H24ClN5O5S/c25-16-1-2-18-19(9-16)27-22(28-23(18)35-13-15-4-7-34-12-15)11-29-21-10-26-6-3-20(21)30(24(29)31)17-5-8-36(32,33)14-17/h1-3,6,9-10,15,17H,4-5,7-8,11-14H2. The van der Waals surface area contributed by atoms with Gasteiger partial charge >= 0.3 is 5.69 Å². The Morgan fingerprint density at radius 1 is 1.17 bits per heavy atom. The van der Waals surface area contributed by atoms with Crippen LogP contribution in [0.25, 0.3) is 21.9 Å². The highest BCUT2D eigenvalue weighted by Crippen LogP contribution is 2.29. The van der Waals surface area contributed by atoms with Crippen LogP contribution in [0.4, 0.5) is 0 Å². The second kappa shape index (κ2) is 9.13. The molecule has 2 fully saturated rings. The number of hydrogen-bond donors (Lipinski definition) is 0. The highest BCUT2D eigenvalue weighted by Gasteiger charge is 2.32. The fourth-order valence-corrected chi connectivity index (χ4v) is 6.83. The molecular weight excluding hydrogens is 506 g/mol. The van der Waals surface area contributed by atoms with Crippen LogP contribution in [0.5, 0.6) is 5.88 Å². The Kier molecular flexibility index (Phi) is 5.93. The number of imidazole rings is 1. The van der Waals surface area contributed by atoms with E-state index in [0.717, 1.165) is 18.4 Å². The molecule has 1 aromatic carbocycles. The van der Waals surface area contributed by atoms with Crippen LogP contribution in [-0.4, -0.2) is 63.8 Å². The van der Waals surface area contributed by atoms with Gasteiger partial charge in [0.15, 0.2) is 15.7 Å². The van der Waals surface area contributed by atoms with E-state index in [1.54, 1.807) is 35.2 Å². The van der Waals surface area contributed by atoms with E-state index in [9.17, 15) is 13.2 Å². The highest BCUT2D eigenvalue weighted by atomic mass is 35.5. The quantitative estimate of drug-likeness (QED) is 0.374. The van der Waals surface area contributed by atoms with Gasteiger partial charge in [0.2, 0.25) is 5.88 Å². The molecule has 0 aliphatic carbocycles. The summed E-state index contributed by atoms with van der Waals surface area (Å²) in [6.45, 7) is 1.91. The van der Waals surface area contributed by atoms with Gasteiger partial charge in [0.1, 0.15) is 0 Å². The topological polar surface area (TPSA) is 118 Å². The van der Waals surface area contributed by atoms with Crippen LogP contribution in [0.15, 0.2) is 41.5 Å². The number of fused-ring (bicyclic) bond motifs is 2. The fourth-order valence-electron chi connectivity index (χ4n) is 4.96. The monoisotopic (exact) mass is 529 g/mol. The number of benzene rings is 1. The third-order valence-corrected chi connectivity index (χ3v) is 8.77. The highest BCUT2D eigenvalue weighted by molar-refractivity contribution is 7.91. The fraction of sp³-hybridized carbons (Fsp3) is 0.417. The maximum absolute atomic E-state index is 13.6. The van der Waals surface area contributed by atoms with Crippen LogP contribution in [0, 0.1) is 5.92 Å². The molecule has 0 spiro atoms. The van der Waals surface area contributed by atoms with Gasteiger partial charge in [-0.15, -0.1) is 0 Å². The van der Waals surface area contributed by atoms with Gasteiger partial charge in [-0.25, -0.2) is 18.2 Å². The van der Waals surface area contributed by atoms with E-state index in [1.165, 1.54) is 4.57 Å². The van der Waals surface area contributed by atoms with E-state index < -0.39 is 15.9 Å². The SMILES string of the molecule is O=c1n(Cc2nc(OCC3CCOC3)c3ccc(Cl)cc3n2)c2cnccc2n1C1CCS(=O)(=O)C1. The number of ether oxygens (including phenoxy) is 2. The summed E-state index contributed by atoms with van der Waals surface area (Å²) in [6, 6.07) is 6.64. The van der Waals surface area contributed by atoms with Crippen molar-refractivity contribution in [1.29, 1.82) is 0 Å². The molecule has 6 rings (SSSR count). The lowest BCUT2D eigenvalue weighted by Gasteiger charge is -2.13. The second-order valence-corrected chi connectivity index (χ2v) is 12.0. The van der Waals surface area contributed by atoms with E-state index in [2.05, 4.69) is 15.0 Å². The normalized spacial score (nSPS) is 21.5. The zero-order valence-corrected chi connectivity index (χ0v) is 20.9. The number of hydrogen-bond acceptors (Lipinski definition) is 8. The average Bonchev–Trinajstić information content (AvgIpc) is 3.56. The molecule has 0 radical (unpaired) electrons. The number of sulfone groups is 1. The summed E-state index contributed by atoms with van der Waals surface area (Å²) in [5.74, 6) is 1.12. The van der Waals surface area contributed by atoms with Crippen LogP contribution in [0.2, 0.25) is 5.02 Å². The Balaban J connectivity index is 1.41. The summed E-state index contributed by atoms with van der Waals surface area (Å²) in [5.41, 5.74) is 1.52. The molecule has 36 heavy (non-hydrogen) atoms. The van der Waals surface area contributed by atoms with Gasteiger partial charge in [-0.05, 0) is 37.1 Å². The number of nitrogens with zero attached hydrogens (tertiary/aromatic N) is 5. The van der Waals surface area contributed by atoms with Gasteiger partial charge in [0.25, 0.3) is 0 Å². The first kappa shape index (κ1) is 23.4. The zero-order valence-electron chi connectivity index (χ0n) is 19.3. The van der Waals surface area contributed by atoms with Crippen molar-refractivity contribution in [2.45, 2.75) is 25.4 Å². The van der Waals surface area contributed by atoms with E-state index in [4.69, 9.17) is 21.1 Å². The smallest absolute Gasteiger partial charge is 0.329 e. The van der Waals surface area contributed by atoms with Crippen LogP contribution >= 0.6 is 11.6 Å². The zero-order chi connectivity index (χ0) is 24.9. The molecule has 2 saturated heterocycles. The number of halogens is 1. The van der Waals surface area contributed by atoms with Gasteiger partial charge in [-0.2, -0.15) is 4.98 Å². The molecule has 0 N–H and O–H groups in total. The molecule has 0 amide bonds. The summed E-state index contributed by atoms with van der Waals surface area (Å²) >= 11 is 6.23. The first-order valence-electron chi connectivity index (χ1n) is 11.8. The predicted molar refractivity (Wildman–Crippen MR) is 134 cm³/mol. The molecule has 3 aromatic heterocycles. The molecule has 2 aliphatic rings. The van der Waals surface area contributed by atoms with E-state index >= 15 is 0 Å². The third-order valence-electron chi connectivity index (χ3n) is 6.79. The van der Waals surface area contributed by atoms with Crippen LogP contribution < -0.4 is 10.4 Å². The van der Waals surface area contributed by atoms with Crippen LogP contribution in [0.3, 0.4) is 0 Å². The number of aromatic nitrogens is 5. The van der Waals surface area contributed by atoms with E-state index in [1.807, 2.05) is 6.07 Å². The summed E-state index contributed by atoms with van der Waals surface area (Å²) < 4.78 is 38.9. The van der Waals surface area contributed by atoms with Crippen molar-refractivity contribution in [1.82, 2.24) is 24.1 Å². The molecule has 2 aliphatic heterocycles. The summed E-state index contributed by atoms with van der Waals surface area (Å²) in [7, 11) is -3.17. The molecule has 4 aromatic rings. The Morgan fingerprint density at radius 2 is 2.06 bits per heavy atom. The Morgan fingerprint density at radius 3 is 2.83 bits per heavy atom. The summed E-state index contributed by atoms with van der Waals surface area (Å²) in [5, 5.41) is 1.26. The molecule has 0 saturated carbocycles. The molecule has 5 heterocycles. The van der Waals surface area contributed by atoms with E-state index in [-0.39, 0.29) is 23.7 Å². The molecule has 2 atom stereocenters. The number of rotatable bonds is 6. The van der Waals surface area contributed by atoms with Gasteiger partial charge in [-0.1, -0.05) is 11.6 Å². The van der Waals surface area contributed by atoms with Crippen LogP contribution in [-0.2, 0) is 21.1 Å². The molecule has 0 bridgehead atoms. The molecule has 2 unspecified atom stereocenters. The van der Waals surface area contributed by atoms with E-state index in [0.29, 0.717) is 58.8 Å². The molecular formula is C24H24ClN5O5S. The predicted octanol–water partition coefficient (Wildman–Crippen LogP) is 2.62. The van der Waals surface area contributed by atoms with Crippen molar-refractivity contribution in [3.8, 4) is 5.88 Å². The van der Waals surface area contributed by atoms with Crippen molar-refractivity contribution < 1.29 is 17.9 Å². The second-order valence-electron chi connectivity index (χ2n) is 9.31. The average molecular weight is 530 g/mol. The minimum Gasteiger partial charge on any atom is -0.477 e. The molecule has 188 valence electrons. The first-order chi connectivity index (χ1) is 17.4. The summed E-state index contributed by atoms with van der Waals surface area (Å²) in [6.07, 6.45) is 4.53. The Labute approximate surface area is 211 Å². The van der Waals surface area contributed by atoms with Crippen molar-refractivity contribution in [3.05, 3.63) is 58.0 Å². The lowest BCUT2D eigenvalue weighted by molar-refractivity contribution is 0.166. The van der Waals surface area contributed by atoms with Gasteiger partial charge in [0.05, 0.1) is 65.4 Å². The maximum atomic E-state index is 13.6.